The van der Waals surface area contributed by atoms with E-state index in [9.17, 15) is 0 Å². The molecule has 1 saturated heterocycles. The topological polar surface area (TPSA) is 37.3 Å². The molecule has 0 bridgehead atoms. The van der Waals surface area contributed by atoms with Crippen LogP contribution in [0.15, 0.2) is 53.5 Å². The van der Waals surface area contributed by atoms with E-state index in [-0.39, 0.29) is 0 Å². The highest BCUT2D eigenvalue weighted by atomic mass is 32.2. The number of aliphatic imine (C=N–C) groups is 1. The Kier molecular flexibility index (Phi) is 9.09. The van der Waals surface area contributed by atoms with Crippen molar-refractivity contribution in [1.82, 2.24) is 9.80 Å². The molecule has 1 fully saturated rings. The number of fused-ring (bicyclic) bond motifs is 1. The van der Waals surface area contributed by atoms with Gasteiger partial charge in [0.2, 0.25) is 0 Å². The molecule has 0 atom stereocenters. The number of methoxy groups -OCH3 is 1. The second-order valence-corrected chi connectivity index (χ2v) is 9.90. The van der Waals surface area contributed by atoms with Gasteiger partial charge in [-0.1, -0.05) is 42.1 Å². The molecular formula is C27H37N3O2S. The zero-order chi connectivity index (χ0) is 22.9. The summed E-state index contributed by atoms with van der Waals surface area (Å²) in [4.78, 5) is 9.99. The van der Waals surface area contributed by atoms with Crippen LogP contribution >= 0.6 is 11.8 Å². The first-order valence-electron chi connectivity index (χ1n) is 12.2. The smallest absolute Gasteiger partial charge is 0.164 e. The summed E-state index contributed by atoms with van der Waals surface area (Å²) in [7, 11) is 3.92. The molecule has 0 radical (unpaired) electrons. The minimum absolute atomic E-state index is 0.601. The van der Waals surface area contributed by atoms with Crippen LogP contribution in [0.4, 0.5) is 5.69 Å². The minimum atomic E-state index is 0.601. The van der Waals surface area contributed by atoms with E-state index in [0.717, 1.165) is 30.2 Å². The Morgan fingerprint density at radius 3 is 2.61 bits per heavy atom. The molecule has 0 aromatic heterocycles. The molecule has 0 saturated carbocycles. The number of thioether (sulfide) groups is 1. The number of para-hydroxylation sites is 1. The molecule has 5 nitrogen and oxygen atoms in total. The van der Waals surface area contributed by atoms with Crippen molar-refractivity contribution in [3.8, 4) is 5.75 Å². The van der Waals surface area contributed by atoms with Crippen LogP contribution in [0.25, 0.3) is 0 Å². The lowest BCUT2D eigenvalue weighted by molar-refractivity contribution is 0.114. The van der Waals surface area contributed by atoms with Gasteiger partial charge < -0.3 is 19.3 Å². The number of hydrogen-bond acceptors (Lipinski definition) is 6. The van der Waals surface area contributed by atoms with Gasteiger partial charge in [0, 0.05) is 38.5 Å². The van der Waals surface area contributed by atoms with E-state index in [4.69, 9.17) is 14.5 Å². The third-order valence-electron chi connectivity index (χ3n) is 6.66. The molecule has 178 valence electrons. The van der Waals surface area contributed by atoms with Gasteiger partial charge in [0.05, 0.1) is 19.4 Å². The van der Waals surface area contributed by atoms with Gasteiger partial charge >= 0.3 is 0 Å². The number of piperidine rings is 1. The number of ether oxygens (including phenoxy) is 2. The van der Waals surface area contributed by atoms with E-state index >= 15 is 0 Å². The van der Waals surface area contributed by atoms with Crippen LogP contribution in [-0.4, -0.2) is 61.4 Å². The molecule has 0 aliphatic carbocycles. The lowest BCUT2D eigenvalue weighted by Gasteiger charge is -2.38. The van der Waals surface area contributed by atoms with Gasteiger partial charge in [0.1, 0.15) is 5.75 Å². The van der Waals surface area contributed by atoms with Crippen molar-refractivity contribution >= 4 is 22.6 Å². The zero-order valence-corrected chi connectivity index (χ0v) is 20.9. The highest BCUT2D eigenvalue weighted by molar-refractivity contribution is 8.13. The average molecular weight is 468 g/mol. The molecule has 0 N–H and O–H groups in total. The first-order valence-corrected chi connectivity index (χ1v) is 13.2. The number of unbranched alkanes of at least 4 members (excludes halogenated alkanes) is 2. The van der Waals surface area contributed by atoms with Crippen LogP contribution in [0, 0.1) is 0 Å². The summed E-state index contributed by atoms with van der Waals surface area (Å²) in [5, 5.41) is 1.18. The standard InChI is InChI=1S/C27H37N3O2S/c1-29(27-28-26-9-5-4-8-23(26)21-33-27)24-14-17-30(18-15-24)16-6-3-7-19-32-20-22-10-12-25(31-2)13-11-22/h4-5,8-13,24H,3,6-7,14-21H2,1-2H3. The first-order chi connectivity index (χ1) is 16.2. The fourth-order valence-corrected chi connectivity index (χ4v) is 5.56. The monoisotopic (exact) mass is 467 g/mol. The van der Waals surface area contributed by atoms with E-state index in [1.165, 1.54) is 61.6 Å². The van der Waals surface area contributed by atoms with Gasteiger partial charge in [-0.3, -0.25) is 0 Å². The van der Waals surface area contributed by atoms with Gasteiger partial charge in [-0.25, -0.2) is 4.99 Å². The van der Waals surface area contributed by atoms with Crippen LogP contribution in [0.1, 0.15) is 43.2 Å². The Morgan fingerprint density at radius 2 is 1.82 bits per heavy atom. The Bertz CT molecular complexity index is 894. The first kappa shape index (κ1) is 24.1. The van der Waals surface area contributed by atoms with Gasteiger partial charge in [-0.2, -0.15) is 0 Å². The van der Waals surface area contributed by atoms with E-state index in [1.54, 1.807) is 7.11 Å². The quantitative estimate of drug-likeness (QED) is 0.418. The van der Waals surface area contributed by atoms with Crippen molar-refractivity contribution in [2.45, 2.75) is 50.5 Å². The molecule has 2 aromatic rings. The molecule has 2 aromatic carbocycles. The van der Waals surface area contributed by atoms with E-state index in [1.807, 2.05) is 23.9 Å². The second-order valence-electron chi connectivity index (χ2n) is 8.96. The minimum Gasteiger partial charge on any atom is -0.497 e. The van der Waals surface area contributed by atoms with Gasteiger partial charge in [0.25, 0.3) is 0 Å². The highest BCUT2D eigenvalue weighted by Gasteiger charge is 2.26. The number of nitrogens with zero attached hydrogens (tertiary/aromatic N) is 3. The normalized spacial score (nSPS) is 16.8. The molecule has 0 spiro atoms. The van der Waals surface area contributed by atoms with E-state index in [0.29, 0.717) is 12.6 Å². The number of likely N-dealkylation sites (tertiary alicyclic amines) is 1. The van der Waals surface area contributed by atoms with Crippen molar-refractivity contribution in [3.05, 3.63) is 59.7 Å². The lowest BCUT2D eigenvalue weighted by atomic mass is 10.0. The summed E-state index contributed by atoms with van der Waals surface area (Å²) in [6, 6.07) is 17.2. The molecule has 2 heterocycles. The summed E-state index contributed by atoms with van der Waals surface area (Å²) in [6.45, 7) is 5.11. The van der Waals surface area contributed by atoms with Crippen LogP contribution < -0.4 is 4.74 Å². The summed E-state index contributed by atoms with van der Waals surface area (Å²) in [5.74, 6) is 1.92. The van der Waals surface area contributed by atoms with E-state index in [2.05, 4.69) is 53.2 Å². The SMILES string of the molecule is COc1ccc(COCCCCCN2CCC(N(C)C3=Nc4ccccc4CS3)CC2)cc1. The Hall–Kier alpha value is -2.02. The van der Waals surface area contributed by atoms with Crippen LogP contribution in [-0.2, 0) is 17.1 Å². The van der Waals surface area contributed by atoms with Gasteiger partial charge in [-0.15, -0.1) is 0 Å². The van der Waals surface area contributed by atoms with Gasteiger partial charge in [0.15, 0.2) is 5.17 Å². The number of benzene rings is 2. The number of hydrogen-bond donors (Lipinski definition) is 0. The fraction of sp³-hybridized carbons (Fsp3) is 0.519. The van der Waals surface area contributed by atoms with Crippen molar-refractivity contribution in [2.24, 2.45) is 4.99 Å². The summed E-state index contributed by atoms with van der Waals surface area (Å²) < 4.78 is 11.0. The molecular weight excluding hydrogens is 430 g/mol. The fourth-order valence-electron chi connectivity index (χ4n) is 4.51. The Balaban J connectivity index is 1.08. The van der Waals surface area contributed by atoms with Crippen molar-refractivity contribution in [3.63, 3.8) is 0 Å². The third kappa shape index (κ3) is 6.98. The molecule has 2 aliphatic rings. The Morgan fingerprint density at radius 1 is 1.03 bits per heavy atom. The maximum absolute atomic E-state index is 5.83. The predicted octanol–water partition coefficient (Wildman–Crippen LogP) is 5.71. The van der Waals surface area contributed by atoms with Crippen molar-refractivity contribution < 1.29 is 9.47 Å². The third-order valence-corrected chi connectivity index (χ3v) is 7.75. The molecule has 4 rings (SSSR count). The zero-order valence-electron chi connectivity index (χ0n) is 20.0. The molecule has 6 heteroatoms. The maximum Gasteiger partial charge on any atom is 0.164 e. The molecule has 33 heavy (non-hydrogen) atoms. The highest BCUT2D eigenvalue weighted by Crippen LogP contribution is 2.32. The largest absolute Gasteiger partial charge is 0.497 e. The summed E-state index contributed by atoms with van der Waals surface area (Å²) >= 11 is 1.88. The lowest BCUT2D eigenvalue weighted by Crippen LogP contribution is -2.45. The molecule has 2 aliphatic heterocycles. The molecule has 0 unspecified atom stereocenters. The molecule has 0 amide bonds. The van der Waals surface area contributed by atoms with Gasteiger partial charge in [-0.05, 0) is 68.0 Å². The van der Waals surface area contributed by atoms with Crippen molar-refractivity contribution in [1.29, 1.82) is 0 Å². The second kappa shape index (κ2) is 12.4. The van der Waals surface area contributed by atoms with Crippen LogP contribution in [0.2, 0.25) is 0 Å². The summed E-state index contributed by atoms with van der Waals surface area (Å²) in [5.41, 5.74) is 3.69. The maximum atomic E-state index is 5.83. The summed E-state index contributed by atoms with van der Waals surface area (Å²) in [6.07, 6.45) is 6.07. The average Bonchev–Trinajstić information content (AvgIpc) is 2.88. The van der Waals surface area contributed by atoms with E-state index < -0.39 is 0 Å². The van der Waals surface area contributed by atoms with Crippen LogP contribution in [0.3, 0.4) is 0 Å². The number of rotatable bonds is 10. The number of amidine groups is 1. The van der Waals surface area contributed by atoms with Crippen LogP contribution in [0.5, 0.6) is 5.75 Å². The Labute approximate surface area is 203 Å². The predicted molar refractivity (Wildman–Crippen MR) is 139 cm³/mol. The van der Waals surface area contributed by atoms with Crippen molar-refractivity contribution in [2.75, 3.05) is 40.4 Å².